The number of carbonyl (C=O) groups excluding carboxylic acids is 2. The maximum atomic E-state index is 12.7. The number of carboxylic acid groups (broad SMARTS) is 1. The van der Waals surface area contributed by atoms with Gasteiger partial charge in [0.05, 0.1) is 18.2 Å². The first-order valence-electron chi connectivity index (χ1n) is 9.40. The van der Waals surface area contributed by atoms with E-state index >= 15 is 0 Å². The molecule has 0 radical (unpaired) electrons. The van der Waals surface area contributed by atoms with E-state index in [1.54, 1.807) is 44.2 Å². The number of hydrogen-bond donors (Lipinski definition) is 2. The molecule has 0 aliphatic carbocycles. The van der Waals surface area contributed by atoms with Gasteiger partial charge in [0, 0.05) is 18.7 Å². The summed E-state index contributed by atoms with van der Waals surface area (Å²) in [7, 11) is 0. The molecule has 2 rings (SSSR count). The Balaban J connectivity index is 2.39. The van der Waals surface area contributed by atoms with Crippen LogP contribution in [0.3, 0.4) is 0 Å². The molecule has 156 valence electrons. The monoisotopic (exact) mass is 402 g/mol. The molecule has 29 heavy (non-hydrogen) atoms. The molecule has 1 aliphatic rings. The number of esters is 1. The number of benzene rings is 1. The number of rotatable bonds is 10. The van der Waals surface area contributed by atoms with Gasteiger partial charge in [0.15, 0.2) is 0 Å². The molecule has 1 aliphatic heterocycles. The summed E-state index contributed by atoms with van der Waals surface area (Å²) in [5.74, 6) is -0.888. The van der Waals surface area contributed by atoms with Crippen molar-refractivity contribution in [3.63, 3.8) is 0 Å². The zero-order valence-corrected chi connectivity index (χ0v) is 16.6. The fourth-order valence-corrected chi connectivity index (χ4v) is 3.10. The summed E-state index contributed by atoms with van der Waals surface area (Å²) >= 11 is 0. The Morgan fingerprint density at radius 2 is 2.14 bits per heavy atom. The molecule has 0 spiro atoms. The highest BCUT2D eigenvalue weighted by molar-refractivity contribution is 5.95. The van der Waals surface area contributed by atoms with Crippen LogP contribution in [-0.2, 0) is 14.3 Å². The fraction of sp³-hybridized carbons (Fsp3) is 0.381. The van der Waals surface area contributed by atoms with Gasteiger partial charge in [-0.2, -0.15) is 0 Å². The number of nitrogens with zero attached hydrogens (tertiary/aromatic N) is 1. The summed E-state index contributed by atoms with van der Waals surface area (Å²) in [4.78, 5) is 37.5. The van der Waals surface area contributed by atoms with Crippen molar-refractivity contribution in [1.82, 2.24) is 10.2 Å². The highest BCUT2D eigenvalue weighted by atomic mass is 16.5. The van der Waals surface area contributed by atoms with Crippen LogP contribution in [0.25, 0.3) is 0 Å². The maximum Gasteiger partial charge on any atom is 0.338 e. The van der Waals surface area contributed by atoms with Crippen molar-refractivity contribution >= 4 is 18.0 Å². The molecule has 0 saturated heterocycles. The molecule has 0 unspecified atom stereocenters. The van der Waals surface area contributed by atoms with Gasteiger partial charge < -0.3 is 19.9 Å². The van der Waals surface area contributed by atoms with Gasteiger partial charge in [-0.1, -0.05) is 24.8 Å². The van der Waals surface area contributed by atoms with E-state index in [0.717, 1.165) is 0 Å². The molecular weight excluding hydrogens is 376 g/mol. The minimum atomic E-state index is -0.941. The second kappa shape index (κ2) is 10.3. The summed E-state index contributed by atoms with van der Waals surface area (Å²) < 4.78 is 10.8. The van der Waals surface area contributed by atoms with Crippen molar-refractivity contribution < 1.29 is 29.0 Å². The van der Waals surface area contributed by atoms with E-state index < -0.39 is 24.0 Å². The van der Waals surface area contributed by atoms with Crippen molar-refractivity contribution in [1.29, 1.82) is 0 Å². The largest absolute Gasteiger partial charge is 0.490 e. The molecule has 1 aromatic carbocycles. The van der Waals surface area contributed by atoms with E-state index in [-0.39, 0.29) is 26.0 Å². The van der Waals surface area contributed by atoms with Gasteiger partial charge >= 0.3 is 18.0 Å². The third-order valence-corrected chi connectivity index (χ3v) is 4.42. The van der Waals surface area contributed by atoms with Gasteiger partial charge in [0.1, 0.15) is 12.4 Å². The van der Waals surface area contributed by atoms with Gasteiger partial charge in [-0.05, 0) is 38.0 Å². The molecule has 8 nitrogen and oxygen atoms in total. The van der Waals surface area contributed by atoms with Crippen LogP contribution in [0.5, 0.6) is 5.75 Å². The molecule has 0 fully saturated rings. The first-order chi connectivity index (χ1) is 13.9. The van der Waals surface area contributed by atoms with Crippen LogP contribution in [-0.4, -0.2) is 47.7 Å². The van der Waals surface area contributed by atoms with Gasteiger partial charge in [-0.25, -0.2) is 9.59 Å². The predicted octanol–water partition coefficient (Wildman–Crippen LogP) is 3.02. The number of urea groups is 1. The third-order valence-electron chi connectivity index (χ3n) is 4.42. The average Bonchev–Trinajstić information content (AvgIpc) is 2.68. The van der Waals surface area contributed by atoms with Gasteiger partial charge in [-0.3, -0.25) is 9.69 Å². The number of allylic oxidation sites excluding steroid dienone is 1. The van der Waals surface area contributed by atoms with Gasteiger partial charge in [-0.15, -0.1) is 0 Å². The molecule has 1 aromatic rings. The Bertz CT molecular complexity index is 817. The lowest BCUT2D eigenvalue weighted by atomic mass is 9.94. The number of amides is 2. The number of hydrogen-bond acceptors (Lipinski definition) is 5. The van der Waals surface area contributed by atoms with Crippen LogP contribution in [0.1, 0.15) is 38.3 Å². The quantitative estimate of drug-likeness (QED) is 0.460. The number of carbonyl (C=O) groups is 3. The second-order valence-electron chi connectivity index (χ2n) is 6.42. The van der Waals surface area contributed by atoms with Crippen LogP contribution in [0.4, 0.5) is 4.79 Å². The molecule has 2 N–H and O–H groups in total. The van der Waals surface area contributed by atoms with Crippen molar-refractivity contribution in [3.05, 3.63) is 53.8 Å². The summed E-state index contributed by atoms with van der Waals surface area (Å²) in [6.07, 6.45) is 1.82. The van der Waals surface area contributed by atoms with E-state index in [0.29, 0.717) is 29.2 Å². The smallest absolute Gasteiger partial charge is 0.338 e. The molecule has 0 saturated carbocycles. The van der Waals surface area contributed by atoms with Crippen LogP contribution in [0.15, 0.2) is 48.2 Å². The number of carboxylic acids is 1. The van der Waals surface area contributed by atoms with E-state index in [2.05, 4.69) is 11.9 Å². The number of nitrogens with one attached hydrogen (secondary N) is 1. The molecular formula is C21H26N2O6. The lowest BCUT2D eigenvalue weighted by Gasteiger charge is -2.35. The Morgan fingerprint density at radius 3 is 2.79 bits per heavy atom. The lowest BCUT2D eigenvalue weighted by molar-refractivity contribution is -0.139. The number of aliphatic carboxylic acids is 1. The predicted molar refractivity (Wildman–Crippen MR) is 106 cm³/mol. The van der Waals surface area contributed by atoms with Crippen LogP contribution in [0, 0.1) is 0 Å². The van der Waals surface area contributed by atoms with Crippen molar-refractivity contribution in [2.24, 2.45) is 0 Å². The van der Waals surface area contributed by atoms with Crippen LogP contribution < -0.4 is 10.1 Å². The first-order valence-corrected chi connectivity index (χ1v) is 9.40. The normalized spacial score (nSPS) is 16.3. The highest BCUT2D eigenvalue weighted by Gasteiger charge is 2.36. The number of ether oxygens (including phenoxy) is 2. The van der Waals surface area contributed by atoms with E-state index in [4.69, 9.17) is 14.6 Å². The van der Waals surface area contributed by atoms with Crippen molar-refractivity contribution in [3.8, 4) is 5.75 Å². The van der Waals surface area contributed by atoms with Gasteiger partial charge in [0.2, 0.25) is 0 Å². The maximum absolute atomic E-state index is 12.7. The van der Waals surface area contributed by atoms with Crippen molar-refractivity contribution in [2.75, 3.05) is 19.8 Å². The Morgan fingerprint density at radius 1 is 1.38 bits per heavy atom. The van der Waals surface area contributed by atoms with E-state index in [9.17, 15) is 14.4 Å². The van der Waals surface area contributed by atoms with E-state index in [1.165, 1.54) is 4.90 Å². The minimum absolute atomic E-state index is 0.0715. The molecule has 0 bridgehead atoms. The highest BCUT2D eigenvalue weighted by Crippen LogP contribution is 2.33. The summed E-state index contributed by atoms with van der Waals surface area (Å²) in [5, 5.41) is 11.7. The third kappa shape index (κ3) is 5.60. The topological polar surface area (TPSA) is 105 Å². The summed E-state index contributed by atoms with van der Waals surface area (Å²) in [6, 6.07) is 5.99. The SMILES string of the molecule is C=CCOc1cccc([C@@H]2NC(=O)N(CCCC(=O)O)C(C)=C2C(=O)OCC)c1. The Kier molecular flexibility index (Phi) is 7.82. The zero-order chi connectivity index (χ0) is 21.4. The van der Waals surface area contributed by atoms with Crippen LogP contribution in [0.2, 0.25) is 0 Å². The lowest BCUT2D eigenvalue weighted by Crippen LogP contribution is -2.48. The molecule has 1 heterocycles. The summed E-state index contributed by atoms with van der Waals surface area (Å²) in [6.45, 7) is 7.69. The average molecular weight is 402 g/mol. The zero-order valence-electron chi connectivity index (χ0n) is 16.6. The fourth-order valence-electron chi connectivity index (χ4n) is 3.10. The minimum Gasteiger partial charge on any atom is -0.490 e. The van der Waals surface area contributed by atoms with Crippen molar-refractivity contribution in [2.45, 2.75) is 32.7 Å². The first kappa shape index (κ1) is 22.0. The van der Waals surface area contributed by atoms with Crippen LogP contribution >= 0.6 is 0 Å². The molecule has 8 heteroatoms. The van der Waals surface area contributed by atoms with Gasteiger partial charge in [0.25, 0.3) is 0 Å². The molecule has 1 atom stereocenters. The Labute approximate surface area is 169 Å². The summed E-state index contributed by atoms with van der Waals surface area (Å²) in [5.41, 5.74) is 1.43. The molecule has 2 amide bonds. The van der Waals surface area contributed by atoms with E-state index in [1.807, 2.05) is 0 Å². The second-order valence-corrected chi connectivity index (χ2v) is 6.42. The Hall–Kier alpha value is -3.29. The standard InChI is InChI=1S/C21H26N2O6/c1-4-12-29-16-9-6-8-15(13-16)19-18(20(26)28-5-2)14(3)23(21(27)22-19)11-7-10-17(24)25/h4,6,8-9,13,19H,1,5,7,10-12H2,2-3H3,(H,22,27)(H,24,25)/t19-/m0/s1. The molecule has 0 aromatic heterocycles.